The highest BCUT2D eigenvalue weighted by Gasteiger charge is 2.32. The molecule has 0 amide bonds. The number of nitrogens with two attached hydrogens (primary N) is 1. The molecular formula is C12H10N6. The second-order valence-corrected chi connectivity index (χ2v) is 4.06. The Kier molecular flexibility index (Phi) is 2.44. The summed E-state index contributed by atoms with van der Waals surface area (Å²) < 4.78 is 0. The van der Waals surface area contributed by atoms with Crippen molar-refractivity contribution in [3.63, 3.8) is 0 Å². The van der Waals surface area contributed by atoms with E-state index < -0.39 is 6.04 Å². The molecule has 2 N–H and O–H groups in total. The molecule has 1 aliphatic carbocycles. The van der Waals surface area contributed by atoms with Crippen LogP contribution < -0.4 is 5.73 Å². The number of fused-ring (bicyclic) bond motifs is 3. The van der Waals surface area contributed by atoms with Crippen LogP contribution in [0.2, 0.25) is 0 Å². The normalized spacial score (nSPS) is 20.5. The lowest BCUT2D eigenvalue weighted by Crippen LogP contribution is -2.24. The Morgan fingerprint density at radius 2 is 1.72 bits per heavy atom. The molecule has 2 heterocycles. The van der Waals surface area contributed by atoms with Gasteiger partial charge in [0, 0.05) is 23.3 Å². The molecule has 2 aromatic rings. The van der Waals surface area contributed by atoms with Crippen molar-refractivity contribution in [3.05, 3.63) is 58.2 Å². The third-order valence-corrected chi connectivity index (χ3v) is 3.10. The van der Waals surface area contributed by atoms with Crippen LogP contribution >= 0.6 is 0 Å². The van der Waals surface area contributed by atoms with E-state index in [0.717, 1.165) is 22.5 Å². The molecule has 0 unspecified atom stereocenters. The van der Waals surface area contributed by atoms with E-state index >= 15 is 0 Å². The number of azide groups is 1. The Hall–Kier alpha value is -2.43. The first-order valence-electron chi connectivity index (χ1n) is 5.53. The second-order valence-electron chi connectivity index (χ2n) is 4.06. The van der Waals surface area contributed by atoms with E-state index in [1.54, 1.807) is 18.5 Å². The Morgan fingerprint density at radius 3 is 2.39 bits per heavy atom. The van der Waals surface area contributed by atoms with Gasteiger partial charge in [0.15, 0.2) is 0 Å². The number of nitrogens with zero attached hydrogens (tertiary/aromatic N) is 5. The van der Waals surface area contributed by atoms with Crippen LogP contribution in [0.3, 0.4) is 0 Å². The van der Waals surface area contributed by atoms with Gasteiger partial charge >= 0.3 is 0 Å². The summed E-state index contributed by atoms with van der Waals surface area (Å²) in [5.41, 5.74) is 18.0. The summed E-state index contributed by atoms with van der Waals surface area (Å²) in [6.07, 6.45) is 3.40. The fraction of sp³-hybridized carbons (Fsp3) is 0.167. The van der Waals surface area contributed by atoms with Gasteiger partial charge in [-0.15, -0.1) is 0 Å². The summed E-state index contributed by atoms with van der Waals surface area (Å²) in [6, 6.07) is 6.57. The minimum Gasteiger partial charge on any atom is -0.323 e. The molecule has 0 radical (unpaired) electrons. The van der Waals surface area contributed by atoms with Gasteiger partial charge in [0.2, 0.25) is 0 Å². The quantitative estimate of drug-likeness (QED) is 0.469. The molecule has 0 aromatic carbocycles. The van der Waals surface area contributed by atoms with Crippen LogP contribution in [-0.4, -0.2) is 9.97 Å². The van der Waals surface area contributed by atoms with Gasteiger partial charge in [0.1, 0.15) is 0 Å². The van der Waals surface area contributed by atoms with Crippen LogP contribution in [0.25, 0.3) is 21.8 Å². The molecule has 3 rings (SSSR count). The van der Waals surface area contributed by atoms with Gasteiger partial charge in [-0.25, -0.2) is 0 Å². The van der Waals surface area contributed by atoms with Crippen LogP contribution in [0, 0.1) is 0 Å². The summed E-state index contributed by atoms with van der Waals surface area (Å²) in [6.45, 7) is 0. The van der Waals surface area contributed by atoms with Gasteiger partial charge in [-0.05, 0) is 28.8 Å². The SMILES string of the molecule is [N-]=[N+]=N[C@@H]1c2cccnc2-c2ncccc2[C@H]1N. The van der Waals surface area contributed by atoms with Crippen molar-refractivity contribution >= 4 is 0 Å². The first-order chi connectivity index (χ1) is 8.83. The molecule has 6 nitrogen and oxygen atoms in total. The number of hydrogen-bond donors (Lipinski definition) is 1. The third-order valence-electron chi connectivity index (χ3n) is 3.10. The van der Waals surface area contributed by atoms with Crippen LogP contribution in [0.1, 0.15) is 23.2 Å². The van der Waals surface area contributed by atoms with E-state index in [0.29, 0.717) is 0 Å². The molecule has 0 saturated carbocycles. The number of rotatable bonds is 1. The minimum absolute atomic E-state index is 0.388. The molecule has 6 heteroatoms. The maximum Gasteiger partial charge on any atom is 0.0936 e. The van der Waals surface area contributed by atoms with E-state index in [-0.39, 0.29) is 6.04 Å². The zero-order valence-corrected chi connectivity index (χ0v) is 9.43. The maximum atomic E-state index is 8.68. The largest absolute Gasteiger partial charge is 0.323 e. The molecule has 1 aliphatic rings. The van der Waals surface area contributed by atoms with Gasteiger partial charge in [0.25, 0.3) is 0 Å². The van der Waals surface area contributed by atoms with Gasteiger partial charge in [-0.2, -0.15) is 0 Å². The summed E-state index contributed by atoms with van der Waals surface area (Å²) in [4.78, 5) is 11.5. The van der Waals surface area contributed by atoms with Gasteiger partial charge < -0.3 is 5.73 Å². The molecule has 18 heavy (non-hydrogen) atoms. The van der Waals surface area contributed by atoms with Gasteiger partial charge in [-0.3, -0.25) is 9.97 Å². The standard InChI is InChI=1S/C12H10N6/c13-9-7-3-1-5-15-11(7)12-8(4-2-6-16-12)10(9)17-18-14/h1-6,9-10H,13H2/t9-,10-/m1/s1. The van der Waals surface area contributed by atoms with Crippen molar-refractivity contribution in [2.45, 2.75) is 12.1 Å². The first kappa shape index (κ1) is 10.7. The molecule has 0 bridgehead atoms. The highest BCUT2D eigenvalue weighted by molar-refractivity contribution is 5.67. The molecule has 0 aliphatic heterocycles. The number of hydrogen-bond acceptors (Lipinski definition) is 4. The topological polar surface area (TPSA) is 101 Å². The average molecular weight is 238 g/mol. The molecule has 2 aromatic heterocycles. The molecule has 2 atom stereocenters. The number of aromatic nitrogens is 2. The van der Waals surface area contributed by atoms with Crippen LogP contribution in [0.15, 0.2) is 41.8 Å². The van der Waals surface area contributed by atoms with Crippen molar-refractivity contribution in [1.82, 2.24) is 9.97 Å². The molecule has 0 fully saturated rings. The molecule has 0 spiro atoms. The third kappa shape index (κ3) is 1.44. The van der Waals surface area contributed by atoms with E-state index in [1.165, 1.54) is 0 Å². The van der Waals surface area contributed by atoms with Crippen LogP contribution in [0.5, 0.6) is 0 Å². The van der Waals surface area contributed by atoms with Crippen molar-refractivity contribution in [1.29, 1.82) is 0 Å². The Balaban J connectivity index is 2.31. The lowest BCUT2D eigenvalue weighted by molar-refractivity contribution is 0.560. The van der Waals surface area contributed by atoms with E-state index in [9.17, 15) is 0 Å². The maximum absolute atomic E-state index is 8.68. The Bertz CT molecular complexity index is 647. The Labute approximate surface area is 103 Å². The van der Waals surface area contributed by atoms with Gasteiger partial charge in [0.05, 0.1) is 17.4 Å². The molecular weight excluding hydrogens is 228 g/mol. The smallest absolute Gasteiger partial charge is 0.0936 e. The highest BCUT2D eigenvalue weighted by Crippen LogP contribution is 2.42. The fourth-order valence-electron chi connectivity index (χ4n) is 2.29. The zero-order chi connectivity index (χ0) is 12.5. The van der Waals surface area contributed by atoms with E-state index in [1.807, 2.05) is 18.2 Å². The molecule has 0 saturated heterocycles. The highest BCUT2D eigenvalue weighted by atomic mass is 15.2. The van der Waals surface area contributed by atoms with Crippen molar-refractivity contribution in [2.75, 3.05) is 0 Å². The first-order valence-corrected chi connectivity index (χ1v) is 5.53. The van der Waals surface area contributed by atoms with E-state index in [2.05, 4.69) is 20.0 Å². The zero-order valence-electron chi connectivity index (χ0n) is 9.43. The summed E-state index contributed by atoms with van der Waals surface area (Å²) in [5.74, 6) is 0. The minimum atomic E-state index is -0.435. The van der Waals surface area contributed by atoms with Crippen molar-refractivity contribution in [3.8, 4) is 11.4 Å². The van der Waals surface area contributed by atoms with Crippen molar-refractivity contribution in [2.24, 2.45) is 10.8 Å². The van der Waals surface area contributed by atoms with E-state index in [4.69, 9.17) is 11.3 Å². The van der Waals surface area contributed by atoms with Crippen LogP contribution in [0.4, 0.5) is 0 Å². The lowest BCUT2D eigenvalue weighted by Gasteiger charge is -2.28. The fourth-order valence-corrected chi connectivity index (χ4v) is 2.29. The monoisotopic (exact) mass is 238 g/mol. The molecule has 88 valence electrons. The van der Waals surface area contributed by atoms with Crippen molar-refractivity contribution < 1.29 is 0 Å². The summed E-state index contributed by atoms with van der Waals surface area (Å²) in [5, 5.41) is 3.79. The number of pyridine rings is 2. The van der Waals surface area contributed by atoms with Gasteiger partial charge in [-0.1, -0.05) is 17.2 Å². The second kappa shape index (κ2) is 4.10. The van der Waals surface area contributed by atoms with Crippen LogP contribution in [-0.2, 0) is 0 Å². The summed E-state index contributed by atoms with van der Waals surface area (Å²) >= 11 is 0. The lowest BCUT2D eigenvalue weighted by atomic mass is 9.85. The predicted molar refractivity (Wildman–Crippen MR) is 66.3 cm³/mol. The summed E-state index contributed by atoms with van der Waals surface area (Å²) in [7, 11) is 0. The predicted octanol–water partition coefficient (Wildman–Crippen LogP) is 2.51. The Morgan fingerprint density at radius 1 is 1.11 bits per heavy atom. The average Bonchev–Trinajstić information content (AvgIpc) is 2.43.